The summed E-state index contributed by atoms with van der Waals surface area (Å²) in [5, 5.41) is 4.16. The Morgan fingerprint density at radius 1 is 0.730 bits per heavy atom. The Balaban J connectivity index is 1.41. The minimum atomic E-state index is 0.190. The highest BCUT2D eigenvalue weighted by Crippen LogP contribution is 2.58. The maximum Gasteiger partial charge on any atom is 0.0637 e. The first-order valence-electron chi connectivity index (χ1n) is 13.7. The van der Waals surface area contributed by atoms with Crippen molar-refractivity contribution in [2.24, 2.45) is 0 Å². The van der Waals surface area contributed by atoms with Crippen LogP contribution in [-0.4, -0.2) is 4.57 Å². The summed E-state index contributed by atoms with van der Waals surface area (Å²) < 4.78 is 5.41. The maximum absolute atomic E-state index is 2.64. The lowest BCUT2D eigenvalue weighted by atomic mass is 9.76. The van der Waals surface area contributed by atoms with E-state index in [9.17, 15) is 0 Å². The van der Waals surface area contributed by atoms with E-state index in [1.165, 1.54) is 84.8 Å². The van der Waals surface area contributed by atoms with Crippen molar-refractivity contribution in [2.45, 2.75) is 43.9 Å². The standard InChI is InChI=1S/C35H27NS/c1-4-14-28-22(10-1)26-20-27-23-11-2-5-15-30(23)36(32(27)21-29(26)35(28)18-7-8-19-35)31-16-9-13-25-24-12-3-6-17-33(24)37-34(25)31/h1-4,6,9-14,16-17,20-21H,5,7-8,15,18-19H2. The van der Waals surface area contributed by atoms with Crippen molar-refractivity contribution in [1.29, 1.82) is 0 Å². The number of nitrogens with zero attached hydrogens (tertiary/aromatic N) is 1. The molecular weight excluding hydrogens is 466 g/mol. The van der Waals surface area contributed by atoms with Gasteiger partial charge in [-0.1, -0.05) is 79.6 Å². The molecule has 2 aromatic heterocycles. The van der Waals surface area contributed by atoms with Crippen LogP contribution in [0.25, 0.3) is 54.0 Å². The van der Waals surface area contributed by atoms with E-state index in [0.29, 0.717) is 0 Å². The molecule has 2 heteroatoms. The average molecular weight is 494 g/mol. The van der Waals surface area contributed by atoms with Crippen molar-refractivity contribution in [3.8, 4) is 16.8 Å². The molecule has 1 saturated carbocycles. The first kappa shape index (κ1) is 20.4. The fraction of sp³-hybridized carbons (Fsp3) is 0.200. The molecule has 1 nitrogen and oxygen atoms in total. The van der Waals surface area contributed by atoms with E-state index in [0.717, 1.165) is 12.8 Å². The lowest BCUT2D eigenvalue weighted by molar-refractivity contribution is 0.550. The van der Waals surface area contributed by atoms with Gasteiger partial charge in [0, 0.05) is 37.5 Å². The molecule has 4 aromatic carbocycles. The minimum Gasteiger partial charge on any atom is -0.312 e. The summed E-state index contributed by atoms with van der Waals surface area (Å²) in [5.41, 5.74) is 11.9. The molecule has 9 rings (SSSR count). The molecule has 0 atom stereocenters. The summed E-state index contributed by atoms with van der Waals surface area (Å²) in [6, 6.07) is 30.2. The average Bonchev–Trinajstić information content (AvgIpc) is 3.71. The Hall–Kier alpha value is -3.62. The fourth-order valence-corrected chi connectivity index (χ4v) is 9.07. The van der Waals surface area contributed by atoms with Crippen LogP contribution in [0.15, 0.2) is 84.9 Å². The largest absolute Gasteiger partial charge is 0.312 e. The van der Waals surface area contributed by atoms with E-state index in [4.69, 9.17) is 0 Å². The molecule has 0 radical (unpaired) electrons. The normalized spacial score (nSPS) is 17.2. The van der Waals surface area contributed by atoms with Crippen LogP contribution in [0.1, 0.15) is 54.5 Å². The van der Waals surface area contributed by atoms with Gasteiger partial charge < -0.3 is 4.57 Å². The molecule has 37 heavy (non-hydrogen) atoms. The van der Waals surface area contributed by atoms with Crippen LogP contribution in [0.2, 0.25) is 0 Å². The van der Waals surface area contributed by atoms with E-state index < -0.39 is 0 Å². The molecule has 178 valence electrons. The van der Waals surface area contributed by atoms with Crippen LogP contribution < -0.4 is 0 Å². The van der Waals surface area contributed by atoms with Crippen molar-refractivity contribution < 1.29 is 0 Å². The van der Waals surface area contributed by atoms with Gasteiger partial charge >= 0.3 is 0 Å². The zero-order valence-corrected chi connectivity index (χ0v) is 21.6. The van der Waals surface area contributed by atoms with Crippen molar-refractivity contribution in [1.82, 2.24) is 4.57 Å². The van der Waals surface area contributed by atoms with Crippen molar-refractivity contribution in [3.05, 3.63) is 107 Å². The lowest BCUT2D eigenvalue weighted by Gasteiger charge is -2.26. The Morgan fingerprint density at radius 3 is 2.51 bits per heavy atom. The van der Waals surface area contributed by atoms with E-state index in [2.05, 4.69) is 95.6 Å². The topological polar surface area (TPSA) is 4.93 Å². The van der Waals surface area contributed by atoms with E-state index in [1.807, 2.05) is 11.3 Å². The summed E-state index contributed by atoms with van der Waals surface area (Å²) in [6.45, 7) is 0. The van der Waals surface area contributed by atoms with Gasteiger partial charge in [-0.25, -0.2) is 0 Å². The molecule has 1 fully saturated rings. The van der Waals surface area contributed by atoms with Gasteiger partial charge in [0.25, 0.3) is 0 Å². The van der Waals surface area contributed by atoms with Crippen LogP contribution >= 0.6 is 11.3 Å². The zero-order chi connectivity index (χ0) is 24.1. The van der Waals surface area contributed by atoms with Gasteiger partial charge in [0.05, 0.1) is 15.9 Å². The highest BCUT2D eigenvalue weighted by molar-refractivity contribution is 7.26. The van der Waals surface area contributed by atoms with Gasteiger partial charge in [0.1, 0.15) is 0 Å². The summed E-state index contributed by atoms with van der Waals surface area (Å²) in [5.74, 6) is 0. The number of rotatable bonds is 1. The van der Waals surface area contributed by atoms with Gasteiger partial charge in [0.15, 0.2) is 0 Å². The molecule has 2 heterocycles. The first-order chi connectivity index (χ1) is 18.3. The summed E-state index contributed by atoms with van der Waals surface area (Å²) in [7, 11) is 0. The highest BCUT2D eigenvalue weighted by Gasteiger charge is 2.45. The van der Waals surface area contributed by atoms with Gasteiger partial charge in [0.2, 0.25) is 0 Å². The third kappa shape index (κ3) is 2.54. The quantitative estimate of drug-likeness (QED) is 0.215. The van der Waals surface area contributed by atoms with Crippen LogP contribution in [0.5, 0.6) is 0 Å². The fourth-order valence-electron chi connectivity index (χ4n) is 7.86. The molecule has 0 bridgehead atoms. The maximum atomic E-state index is 2.64. The third-order valence-electron chi connectivity index (χ3n) is 9.41. The molecule has 0 aliphatic heterocycles. The SMILES string of the molecule is C1=Cc2c(n(-c3cccc4c3sc3ccccc34)c3cc4c(cc23)-c2ccccc2C42CCCC2)CC1. The second-order valence-electron chi connectivity index (χ2n) is 11.1. The molecular formula is C35H27NS. The first-order valence-corrected chi connectivity index (χ1v) is 14.5. The van der Waals surface area contributed by atoms with Crippen LogP contribution in [-0.2, 0) is 11.8 Å². The number of hydrogen-bond acceptors (Lipinski definition) is 1. The minimum absolute atomic E-state index is 0.190. The molecule has 6 aromatic rings. The molecule has 0 unspecified atom stereocenters. The smallest absolute Gasteiger partial charge is 0.0637 e. The number of allylic oxidation sites excluding steroid dienone is 1. The molecule has 3 aliphatic rings. The van der Waals surface area contributed by atoms with Gasteiger partial charge in [-0.05, 0) is 72.2 Å². The number of benzene rings is 4. The second kappa shape index (κ2) is 7.24. The monoisotopic (exact) mass is 493 g/mol. The van der Waals surface area contributed by atoms with E-state index in [-0.39, 0.29) is 5.41 Å². The number of thiophene rings is 1. The number of fused-ring (bicyclic) bond motifs is 11. The Bertz CT molecular complexity index is 1940. The second-order valence-corrected chi connectivity index (χ2v) is 12.2. The zero-order valence-electron chi connectivity index (χ0n) is 20.8. The van der Waals surface area contributed by atoms with E-state index in [1.54, 1.807) is 11.1 Å². The Kier molecular flexibility index (Phi) is 4.00. The molecule has 0 saturated heterocycles. The molecule has 3 aliphatic carbocycles. The Labute approximate surface area is 220 Å². The van der Waals surface area contributed by atoms with Crippen molar-refractivity contribution in [3.63, 3.8) is 0 Å². The highest BCUT2D eigenvalue weighted by atomic mass is 32.1. The molecule has 1 spiro atoms. The lowest BCUT2D eigenvalue weighted by Crippen LogP contribution is -2.20. The van der Waals surface area contributed by atoms with Gasteiger partial charge in [-0.15, -0.1) is 11.3 Å². The van der Waals surface area contributed by atoms with E-state index >= 15 is 0 Å². The van der Waals surface area contributed by atoms with Crippen molar-refractivity contribution >= 4 is 48.5 Å². The van der Waals surface area contributed by atoms with Crippen molar-refractivity contribution in [2.75, 3.05) is 0 Å². The van der Waals surface area contributed by atoms with Crippen LogP contribution in [0, 0.1) is 0 Å². The number of aromatic nitrogens is 1. The summed E-state index contributed by atoms with van der Waals surface area (Å²) >= 11 is 1.94. The van der Waals surface area contributed by atoms with Gasteiger partial charge in [-0.2, -0.15) is 0 Å². The third-order valence-corrected chi connectivity index (χ3v) is 10.6. The molecule has 0 N–H and O–H groups in total. The predicted octanol–water partition coefficient (Wildman–Crippen LogP) is 9.80. The predicted molar refractivity (Wildman–Crippen MR) is 158 cm³/mol. The Morgan fingerprint density at radius 2 is 1.57 bits per heavy atom. The number of hydrogen-bond donors (Lipinski definition) is 0. The summed E-state index contributed by atoms with van der Waals surface area (Å²) in [6.07, 6.45) is 12.2. The van der Waals surface area contributed by atoms with Crippen LogP contribution in [0.3, 0.4) is 0 Å². The van der Waals surface area contributed by atoms with Crippen LogP contribution in [0.4, 0.5) is 0 Å². The van der Waals surface area contributed by atoms with Gasteiger partial charge in [-0.3, -0.25) is 0 Å². The summed E-state index contributed by atoms with van der Waals surface area (Å²) in [4.78, 5) is 0. The molecule has 0 amide bonds.